The topological polar surface area (TPSA) is 37.3 Å². The Balaban J connectivity index is 2.41. The standard InChI is InChI=1S/C16H24O2/c1-5-10(2)12-6-8-16(4)9-7-13(17)11(3)14(16)15(12)18/h12,15,18H,2,5-9H2,1,3-4H3/t12-,15-,16+/m0/s1. The van der Waals surface area contributed by atoms with Crippen LogP contribution < -0.4 is 0 Å². The average molecular weight is 248 g/mol. The fraction of sp³-hybridized carbons (Fsp3) is 0.688. The first kappa shape index (κ1) is 13.5. The van der Waals surface area contributed by atoms with Crippen molar-refractivity contribution in [1.82, 2.24) is 0 Å². The van der Waals surface area contributed by atoms with Crippen molar-refractivity contribution in [2.75, 3.05) is 0 Å². The van der Waals surface area contributed by atoms with Crippen LogP contribution in [0, 0.1) is 11.3 Å². The van der Waals surface area contributed by atoms with Gasteiger partial charge in [-0.25, -0.2) is 0 Å². The summed E-state index contributed by atoms with van der Waals surface area (Å²) >= 11 is 0. The van der Waals surface area contributed by atoms with Crippen molar-refractivity contribution in [2.45, 2.75) is 59.0 Å². The lowest BCUT2D eigenvalue weighted by Crippen LogP contribution is -2.42. The molecule has 2 aliphatic rings. The minimum absolute atomic E-state index is 0.0297. The van der Waals surface area contributed by atoms with Crippen molar-refractivity contribution in [3.63, 3.8) is 0 Å². The van der Waals surface area contributed by atoms with Crippen LogP contribution in [0.15, 0.2) is 23.3 Å². The third-order valence-electron chi connectivity index (χ3n) is 5.04. The van der Waals surface area contributed by atoms with Gasteiger partial charge < -0.3 is 5.11 Å². The number of allylic oxidation sites excluding steroid dienone is 1. The van der Waals surface area contributed by atoms with Crippen molar-refractivity contribution < 1.29 is 9.90 Å². The Labute approximate surface area is 110 Å². The summed E-state index contributed by atoms with van der Waals surface area (Å²) < 4.78 is 0. The molecule has 2 nitrogen and oxygen atoms in total. The molecular formula is C16H24O2. The minimum atomic E-state index is -0.500. The highest BCUT2D eigenvalue weighted by molar-refractivity contribution is 5.97. The van der Waals surface area contributed by atoms with Gasteiger partial charge in [0.05, 0.1) is 6.10 Å². The van der Waals surface area contributed by atoms with Gasteiger partial charge in [-0.3, -0.25) is 4.79 Å². The van der Waals surface area contributed by atoms with Crippen molar-refractivity contribution in [3.05, 3.63) is 23.3 Å². The van der Waals surface area contributed by atoms with Crippen LogP contribution in [0.3, 0.4) is 0 Å². The molecule has 0 aromatic rings. The van der Waals surface area contributed by atoms with Gasteiger partial charge in [0.15, 0.2) is 5.78 Å². The van der Waals surface area contributed by atoms with E-state index < -0.39 is 6.10 Å². The van der Waals surface area contributed by atoms with Gasteiger partial charge >= 0.3 is 0 Å². The van der Waals surface area contributed by atoms with Crippen LogP contribution in [0.1, 0.15) is 52.9 Å². The van der Waals surface area contributed by atoms with E-state index in [9.17, 15) is 9.90 Å². The fourth-order valence-electron chi connectivity index (χ4n) is 3.68. The van der Waals surface area contributed by atoms with Gasteiger partial charge in [-0.2, -0.15) is 0 Å². The normalized spacial score (nSPS) is 36.6. The summed E-state index contributed by atoms with van der Waals surface area (Å²) in [6.45, 7) is 10.2. The van der Waals surface area contributed by atoms with Crippen LogP contribution in [-0.2, 0) is 4.79 Å². The second-order valence-electron chi connectivity index (χ2n) is 6.12. The number of ketones is 1. The molecule has 2 aliphatic carbocycles. The molecule has 0 heterocycles. The van der Waals surface area contributed by atoms with Gasteiger partial charge in [-0.15, -0.1) is 0 Å². The van der Waals surface area contributed by atoms with Gasteiger partial charge in [0.1, 0.15) is 0 Å². The lowest BCUT2D eigenvalue weighted by Gasteiger charge is -2.47. The third kappa shape index (κ3) is 1.97. The third-order valence-corrected chi connectivity index (χ3v) is 5.04. The number of rotatable bonds is 2. The number of carbonyl (C=O) groups is 1. The number of carbonyl (C=O) groups excluding carboxylic acids is 1. The first-order valence-corrected chi connectivity index (χ1v) is 7.01. The summed E-state index contributed by atoms with van der Waals surface area (Å²) in [6.07, 6.45) is 3.99. The summed E-state index contributed by atoms with van der Waals surface area (Å²) in [7, 11) is 0. The molecule has 18 heavy (non-hydrogen) atoms. The monoisotopic (exact) mass is 248 g/mol. The molecular weight excluding hydrogens is 224 g/mol. The maximum atomic E-state index is 11.9. The molecule has 0 unspecified atom stereocenters. The van der Waals surface area contributed by atoms with E-state index >= 15 is 0 Å². The number of aliphatic hydroxyl groups is 1. The maximum Gasteiger partial charge on any atom is 0.158 e. The number of hydrogen-bond acceptors (Lipinski definition) is 2. The molecule has 0 spiro atoms. The van der Waals surface area contributed by atoms with Gasteiger partial charge in [0.2, 0.25) is 0 Å². The molecule has 0 radical (unpaired) electrons. The van der Waals surface area contributed by atoms with Crippen LogP contribution in [0.25, 0.3) is 0 Å². The summed E-state index contributed by atoms with van der Waals surface area (Å²) in [5.74, 6) is 0.350. The van der Waals surface area contributed by atoms with Gasteiger partial charge in [0, 0.05) is 12.3 Å². The smallest absolute Gasteiger partial charge is 0.158 e. The number of Topliss-reactive ketones (excluding diaryl/α,β-unsaturated/α-hetero) is 1. The van der Waals surface area contributed by atoms with Gasteiger partial charge in [0.25, 0.3) is 0 Å². The van der Waals surface area contributed by atoms with E-state index in [1.165, 1.54) is 0 Å². The van der Waals surface area contributed by atoms with E-state index in [2.05, 4.69) is 20.4 Å². The predicted octanol–water partition coefficient (Wildman–Crippen LogP) is 3.41. The molecule has 0 aliphatic heterocycles. The molecule has 1 N–H and O–H groups in total. The second-order valence-corrected chi connectivity index (χ2v) is 6.12. The second kappa shape index (κ2) is 4.65. The first-order valence-electron chi connectivity index (χ1n) is 7.01. The molecule has 0 aromatic carbocycles. The SMILES string of the molecule is C=C(CC)[C@@H]1CC[C@]2(C)CCC(=O)C(C)=C2[C@H]1O. The van der Waals surface area contributed by atoms with Crippen molar-refractivity contribution in [1.29, 1.82) is 0 Å². The molecule has 0 aromatic heterocycles. The minimum Gasteiger partial charge on any atom is -0.388 e. The zero-order valence-electron chi connectivity index (χ0n) is 11.8. The van der Waals surface area contributed by atoms with Crippen LogP contribution in [0.4, 0.5) is 0 Å². The van der Waals surface area contributed by atoms with E-state index in [1.54, 1.807) is 0 Å². The highest BCUT2D eigenvalue weighted by Gasteiger charge is 2.45. The van der Waals surface area contributed by atoms with Gasteiger partial charge in [-0.1, -0.05) is 26.0 Å². The zero-order chi connectivity index (χ0) is 13.5. The summed E-state index contributed by atoms with van der Waals surface area (Å²) in [5.41, 5.74) is 2.96. The molecule has 2 rings (SSSR count). The quantitative estimate of drug-likeness (QED) is 0.760. The first-order chi connectivity index (χ1) is 8.40. The number of aliphatic hydroxyl groups excluding tert-OH is 1. The van der Waals surface area contributed by atoms with Crippen LogP contribution in [0.5, 0.6) is 0 Å². The molecule has 3 atom stereocenters. The Kier molecular flexibility index (Phi) is 3.50. The van der Waals surface area contributed by atoms with Crippen molar-refractivity contribution >= 4 is 5.78 Å². The maximum absolute atomic E-state index is 11.9. The molecule has 1 fully saturated rings. The average Bonchev–Trinajstić information content (AvgIpc) is 2.34. The number of hydrogen-bond donors (Lipinski definition) is 1. The van der Waals surface area contributed by atoms with E-state index in [-0.39, 0.29) is 17.1 Å². The largest absolute Gasteiger partial charge is 0.388 e. The lowest BCUT2D eigenvalue weighted by molar-refractivity contribution is -0.117. The summed E-state index contributed by atoms with van der Waals surface area (Å²) in [6, 6.07) is 0. The van der Waals surface area contributed by atoms with Crippen molar-refractivity contribution in [2.24, 2.45) is 11.3 Å². The Morgan fingerprint density at radius 1 is 1.50 bits per heavy atom. The Hall–Kier alpha value is -0.890. The Bertz CT molecular complexity index is 419. The molecule has 0 bridgehead atoms. The van der Waals surface area contributed by atoms with E-state index in [4.69, 9.17) is 0 Å². The van der Waals surface area contributed by atoms with E-state index in [0.29, 0.717) is 6.42 Å². The zero-order valence-corrected chi connectivity index (χ0v) is 11.8. The summed E-state index contributed by atoms with van der Waals surface area (Å²) in [4.78, 5) is 11.9. The predicted molar refractivity (Wildman–Crippen MR) is 73.2 cm³/mol. The Morgan fingerprint density at radius 3 is 2.78 bits per heavy atom. The van der Waals surface area contributed by atoms with Crippen LogP contribution in [0.2, 0.25) is 0 Å². The number of fused-ring (bicyclic) bond motifs is 1. The van der Waals surface area contributed by atoms with E-state index in [1.807, 2.05) is 6.92 Å². The van der Waals surface area contributed by atoms with Crippen LogP contribution >= 0.6 is 0 Å². The molecule has 2 heteroatoms. The highest BCUT2D eigenvalue weighted by atomic mass is 16.3. The lowest BCUT2D eigenvalue weighted by atomic mass is 9.59. The molecule has 1 saturated carbocycles. The Morgan fingerprint density at radius 2 is 2.17 bits per heavy atom. The molecule has 0 amide bonds. The molecule has 100 valence electrons. The highest BCUT2D eigenvalue weighted by Crippen LogP contribution is 2.51. The van der Waals surface area contributed by atoms with Gasteiger partial charge in [-0.05, 0) is 49.2 Å². The van der Waals surface area contributed by atoms with E-state index in [0.717, 1.165) is 42.4 Å². The van der Waals surface area contributed by atoms with Crippen LogP contribution in [-0.4, -0.2) is 17.0 Å². The molecule has 0 saturated heterocycles. The fourth-order valence-corrected chi connectivity index (χ4v) is 3.68. The summed E-state index contributed by atoms with van der Waals surface area (Å²) in [5, 5.41) is 10.6. The van der Waals surface area contributed by atoms with Crippen molar-refractivity contribution in [3.8, 4) is 0 Å².